The first-order chi connectivity index (χ1) is 15.9. The second kappa shape index (κ2) is 10.1. The van der Waals surface area contributed by atoms with E-state index in [2.05, 4.69) is 19.5 Å². The molecule has 0 N–H and O–H groups in total. The number of hydrogen-bond donors (Lipinski definition) is 0. The zero-order chi connectivity index (χ0) is 23.4. The third kappa shape index (κ3) is 5.35. The number of aromatic nitrogens is 4. The number of halogens is 1. The first kappa shape index (κ1) is 22.8. The molecule has 33 heavy (non-hydrogen) atoms. The Bertz CT molecular complexity index is 1280. The Hall–Kier alpha value is -3.36. The topological polar surface area (TPSA) is 87.0 Å². The van der Waals surface area contributed by atoms with E-state index in [1.54, 1.807) is 23.8 Å². The fourth-order valence-electron chi connectivity index (χ4n) is 3.48. The fourth-order valence-corrected chi connectivity index (χ4v) is 4.34. The quantitative estimate of drug-likeness (QED) is 0.262. The van der Waals surface area contributed by atoms with E-state index in [4.69, 9.17) is 16.3 Å². The molecule has 9 heteroatoms. The molecule has 0 aliphatic carbocycles. The van der Waals surface area contributed by atoms with Gasteiger partial charge in [0, 0.05) is 46.3 Å². The van der Waals surface area contributed by atoms with Crippen molar-refractivity contribution in [1.29, 1.82) is 0 Å². The number of ketones is 1. The van der Waals surface area contributed by atoms with Crippen LogP contribution in [0, 0.1) is 13.8 Å². The van der Waals surface area contributed by atoms with Gasteiger partial charge in [-0.3, -0.25) is 4.79 Å². The van der Waals surface area contributed by atoms with Gasteiger partial charge in [0.05, 0.1) is 0 Å². The predicted octanol–water partition coefficient (Wildman–Crippen LogP) is 4.95. The summed E-state index contributed by atoms with van der Waals surface area (Å²) in [4.78, 5) is 37.6. The number of aryl methyl sites for hydroxylation is 2. The summed E-state index contributed by atoms with van der Waals surface area (Å²) < 4.78 is 7.32. The van der Waals surface area contributed by atoms with E-state index in [0.29, 0.717) is 21.4 Å². The molecule has 0 aliphatic rings. The largest absolute Gasteiger partial charge is 0.453 e. The van der Waals surface area contributed by atoms with E-state index in [-0.39, 0.29) is 18.1 Å². The molecule has 7 nitrogen and oxygen atoms in total. The van der Waals surface area contributed by atoms with Crippen LogP contribution in [0.3, 0.4) is 0 Å². The molecule has 0 saturated carbocycles. The molecule has 0 bridgehead atoms. The number of carbonyl (C=O) groups excluding carboxylic acids is 2. The van der Waals surface area contributed by atoms with Gasteiger partial charge >= 0.3 is 5.97 Å². The highest BCUT2D eigenvalue weighted by Gasteiger charge is 2.19. The molecule has 1 aromatic carbocycles. The molecule has 168 valence electrons. The zero-order valence-electron chi connectivity index (χ0n) is 18.1. The Labute approximate surface area is 200 Å². The number of thiazole rings is 1. The first-order valence-electron chi connectivity index (χ1n) is 10.3. The van der Waals surface area contributed by atoms with Crippen molar-refractivity contribution in [2.24, 2.45) is 0 Å². The van der Waals surface area contributed by atoms with Crippen LogP contribution in [0.5, 0.6) is 0 Å². The fraction of sp³-hybridized carbons (Fsp3) is 0.208. The lowest BCUT2D eigenvalue weighted by Crippen LogP contribution is -2.15. The van der Waals surface area contributed by atoms with Gasteiger partial charge in [-0.2, -0.15) is 0 Å². The van der Waals surface area contributed by atoms with E-state index < -0.39 is 5.97 Å². The molecular formula is C24H21ClN4O3S. The van der Waals surface area contributed by atoms with Crippen LogP contribution in [-0.4, -0.2) is 37.9 Å². The van der Waals surface area contributed by atoms with Gasteiger partial charge in [-0.05, 0) is 50.1 Å². The smallest absolute Gasteiger partial charge is 0.358 e. The summed E-state index contributed by atoms with van der Waals surface area (Å²) in [6, 6.07) is 11.3. The summed E-state index contributed by atoms with van der Waals surface area (Å²) in [5.74, 6) is -0.474. The molecule has 0 atom stereocenters. The van der Waals surface area contributed by atoms with Gasteiger partial charge in [-0.15, -0.1) is 11.3 Å². The van der Waals surface area contributed by atoms with Crippen molar-refractivity contribution in [3.63, 3.8) is 0 Å². The average molecular weight is 481 g/mol. The number of nitrogens with zero attached hydrogens (tertiary/aromatic N) is 4. The Morgan fingerprint density at radius 3 is 2.58 bits per heavy atom. The zero-order valence-corrected chi connectivity index (χ0v) is 19.7. The van der Waals surface area contributed by atoms with Gasteiger partial charge < -0.3 is 9.30 Å². The van der Waals surface area contributed by atoms with Crippen LogP contribution in [0.1, 0.15) is 37.8 Å². The van der Waals surface area contributed by atoms with Gasteiger partial charge in [0.2, 0.25) is 5.78 Å². The van der Waals surface area contributed by atoms with Crippen molar-refractivity contribution < 1.29 is 14.3 Å². The lowest BCUT2D eigenvalue weighted by atomic mass is 10.1. The lowest BCUT2D eigenvalue weighted by Gasteiger charge is -2.10. The molecule has 0 unspecified atom stereocenters. The molecule has 3 aromatic heterocycles. The molecule has 0 fully saturated rings. The minimum atomic E-state index is -0.654. The summed E-state index contributed by atoms with van der Waals surface area (Å²) in [6.45, 7) is 4.24. The van der Waals surface area contributed by atoms with Crippen molar-refractivity contribution in [3.05, 3.63) is 87.4 Å². The van der Waals surface area contributed by atoms with Gasteiger partial charge in [0.25, 0.3) is 0 Å². The molecular weight excluding hydrogens is 460 g/mol. The molecule has 4 rings (SSSR count). The Morgan fingerprint density at radius 1 is 1.12 bits per heavy atom. The van der Waals surface area contributed by atoms with Crippen LogP contribution in [-0.2, 0) is 17.7 Å². The number of Topliss-reactive ketones (excluding diaryl/α,β-unsaturated/α-hetero) is 1. The summed E-state index contributed by atoms with van der Waals surface area (Å²) in [7, 11) is 0. The van der Waals surface area contributed by atoms with Gasteiger partial charge in [-0.1, -0.05) is 23.7 Å². The molecule has 0 aliphatic heterocycles. The normalized spacial score (nSPS) is 10.9. The van der Waals surface area contributed by atoms with Crippen LogP contribution in [0.4, 0.5) is 0 Å². The molecule has 3 heterocycles. The number of rotatable bonds is 8. The minimum Gasteiger partial charge on any atom is -0.453 e. The van der Waals surface area contributed by atoms with Crippen molar-refractivity contribution in [2.75, 3.05) is 6.61 Å². The monoisotopic (exact) mass is 480 g/mol. The maximum Gasteiger partial charge on any atom is 0.358 e. The highest BCUT2D eigenvalue weighted by molar-refractivity contribution is 7.13. The third-order valence-corrected chi connectivity index (χ3v) is 6.31. The van der Waals surface area contributed by atoms with Crippen molar-refractivity contribution in [2.45, 2.75) is 26.8 Å². The number of benzene rings is 1. The predicted molar refractivity (Wildman–Crippen MR) is 127 cm³/mol. The van der Waals surface area contributed by atoms with E-state index in [1.165, 1.54) is 11.3 Å². The number of hydrogen-bond acceptors (Lipinski definition) is 7. The van der Waals surface area contributed by atoms with Gasteiger partial charge in [-0.25, -0.2) is 19.7 Å². The summed E-state index contributed by atoms with van der Waals surface area (Å²) in [5.41, 5.74) is 3.66. The van der Waals surface area contributed by atoms with Crippen molar-refractivity contribution in [1.82, 2.24) is 19.5 Å². The van der Waals surface area contributed by atoms with Crippen LogP contribution in [0.15, 0.2) is 54.2 Å². The van der Waals surface area contributed by atoms with E-state index >= 15 is 0 Å². The van der Waals surface area contributed by atoms with Gasteiger partial charge in [0.15, 0.2) is 23.1 Å². The van der Waals surface area contributed by atoms with Crippen LogP contribution < -0.4 is 0 Å². The number of ether oxygens (including phenoxy) is 1. The second-order valence-electron chi connectivity index (χ2n) is 7.42. The van der Waals surface area contributed by atoms with E-state index in [9.17, 15) is 9.59 Å². The standard InChI is InChI=1S/C24H21ClN4O3S/c1-15-12-19(16(2)29(15)11-8-17-4-6-18(25)7-5-17)21(30)13-32-24(31)20-14-33-23(28-20)22-26-9-3-10-27-22/h3-7,9-10,12,14H,8,11,13H2,1-2H3. The number of esters is 1. The average Bonchev–Trinajstić information content (AvgIpc) is 3.43. The highest BCUT2D eigenvalue weighted by Crippen LogP contribution is 2.21. The lowest BCUT2D eigenvalue weighted by molar-refractivity contribution is 0.0469. The molecule has 0 radical (unpaired) electrons. The molecule has 0 spiro atoms. The van der Waals surface area contributed by atoms with E-state index in [0.717, 1.165) is 29.9 Å². The van der Waals surface area contributed by atoms with Gasteiger partial charge in [0.1, 0.15) is 0 Å². The van der Waals surface area contributed by atoms with Crippen LogP contribution >= 0.6 is 22.9 Å². The first-order valence-corrected chi connectivity index (χ1v) is 11.5. The molecule has 0 amide bonds. The van der Waals surface area contributed by atoms with Crippen LogP contribution in [0.2, 0.25) is 5.02 Å². The highest BCUT2D eigenvalue weighted by atomic mass is 35.5. The Kier molecular flexibility index (Phi) is 6.96. The molecule has 4 aromatic rings. The molecule has 0 saturated heterocycles. The second-order valence-corrected chi connectivity index (χ2v) is 8.72. The third-order valence-electron chi connectivity index (χ3n) is 5.22. The summed E-state index contributed by atoms with van der Waals surface area (Å²) in [6.07, 6.45) is 4.02. The summed E-state index contributed by atoms with van der Waals surface area (Å²) >= 11 is 7.19. The number of carbonyl (C=O) groups is 2. The Morgan fingerprint density at radius 2 is 1.85 bits per heavy atom. The van der Waals surface area contributed by atoms with E-state index in [1.807, 2.05) is 44.2 Å². The summed E-state index contributed by atoms with van der Waals surface area (Å²) in [5, 5.41) is 2.79. The van der Waals surface area contributed by atoms with Crippen molar-refractivity contribution >= 4 is 34.7 Å². The maximum absolute atomic E-state index is 12.8. The van der Waals surface area contributed by atoms with Crippen molar-refractivity contribution in [3.8, 4) is 10.8 Å². The maximum atomic E-state index is 12.8. The minimum absolute atomic E-state index is 0.128. The Balaban J connectivity index is 1.37. The van der Waals surface area contributed by atoms with Crippen LogP contribution in [0.25, 0.3) is 10.8 Å². The SMILES string of the molecule is Cc1cc(C(=O)COC(=O)c2csc(-c3ncccn3)n2)c(C)n1CCc1ccc(Cl)cc1.